The number of allylic oxidation sites excluding steroid dienone is 1. The number of pyridine rings is 1. The number of nitrogens with one attached hydrogen (secondary N) is 1. The number of nitrogens with zero attached hydrogens (tertiary/aromatic N) is 1. The minimum absolute atomic E-state index is 0.938. The van der Waals surface area contributed by atoms with E-state index < -0.39 is 0 Å². The lowest BCUT2D eigenvalue weighted by atomic mass is 10.3. The fraction of sp³-hybridized carbons (Fsp3) is 0.300. The third kappa shape index (κ3) is 2.38. The van der Waals surface area contributed by atoms with Gasteiger partial charge in [-0.05, 0) is 25.5 Å². The first-order valence-electron chi connectivity index (χ1n) is 4.10. The molecule has 12 heavy (non-hydrogen) atoms. The van der Waals surface area contributed by atoms with Crippen LogP contribution in [0.3, 0.4) is 0 Å². The standard InChI is InChI=1S/C10H14N2/c1-4-8(2)12-10-6-5-9(3)11-7-10/h5-7,12H,2,4H2,1,3H3. The molecular weight excluding hydrogens is 148 g/mol. The van der Waals surface area contributed by atoms with Crippen molar-refractivity contribution in [3.8, 4) is 0 Å². The molecule has 0 aliphatic heterocycles. The highest BCUT2D eigenvalue weighted by atomic mass is 14.9. The Balaban J connectivity index is 2.64. The Hall–Kier alpha value is -1.31. The Bertz CT molecular complexity index is 262. The summed E-state index contributed by atoms with van der Waals surface area (Å²) in [6.07, 6.45) is 2.75. The van der Waals surface area contributed by atoms with Crippen LogP contribution in [-0.2, 0) is 0 Å². The van der Waals surface area contributed by atoms with Gasteiger partial charge in [0.15, 0.2) is 0 Å². The van der Waals surface area contributed by atoms with Gasteiger partial charge in [0.05, 0.1) is 11.9 Å². The molecule has 0 saturated carbocycles. The SMILES string of the molecule is C=C(CC)Nc1ccc(C)nc1. The van der Waals surface area contributed by atoms with Gasteiger partial charge in [-0.15, -0.1) is 0 Å². The molecule has 0 aliphatic rings. The van der Waals surface area contributed by atoms with E-state index in [2.05, 4.69) is 23.8 Å². The average Bonchev–Trinajstić information content (AvgIpc) is 2.09. The van der Waals surface area contributed by atoms with Crippen LogP contribution in [0.25, 0.3) is 0 Å². The van der Waals surface area contributed by atoms with Crippen LogP contribution in [0.4, 0.5) is 5.69 Å². The molecule has 0 unspecified atom stereocenters. The van der Waals surface area contributed by atoms with Crippen LogP contribution in [0.2, 0.25) is 0 Å². The molecule has 1 aromatic rings. The van der Waals surface area contributed by atoms with Crippen molar-refractivity contribution in [3.63, 3.8) is 0 Å². The second kappa shape index (κ2) is 3.90. The third-order valence-electron chi connectivity index (χ3n) is 1.66. The lowest BCUT2D eigenvalue weighted by Crippen LogP contribution is -1.96. The zero-order chi connectivity index (χ0) is 8.97. The number of hydrogen-bond donors (Lipinski definition) is 1. The second-order valence-electron chi connectivity index (χ2n) is 2.77. The van der Waals surface area contributed by atoms with E-state index in [0.717, 1.165) is 23.5 Å². The molecule has 0 atom stereocenters. The van der Waals surface area contributed by atoms with Crippen LogP contribution in [-0.4, -0.2) is 4.98 Å². The summed E-state index contributed by atoms with van der Waals surface area (Å²) < 4.78 is 0. The molecule has 0 amide bonds. The van der Waals surface area contributed by atoms with Crippen molar-refractivity contribution >= 4 is 5.69 Å². The van der Waals surface area contributed by atoms with E-state index in [-0.39, 0.29) is 0 Å². The van der Waals surface area contributed by atoms with Gasteiger partial charge in [-0.1, -0.05) is 13.5 Å². The summed E-state index contributed by atoms with van der Waals surface area (Å²) in [6, 6.07) is 3.98. The molecule has 0 aliphatic carbocycles. The van der Waals surface area contributed by atoms with Crippen molar-refractivity contribution in [1.82, 2.24) is 4.98 Å². The monoisotopic (exact) mass is 162 g/mol. The smallest absolute Gasteiger partial charge is 0.0568 e. The summed E-state index contributed by atoms with van der Waals surface area (Å²) in [4.78, 5) is 4.16. The Morgan fingerprint density at radius 1 is 1.58 bits per heavy atom. The Labute approximate surface area is 73.3 Å². The van der Waals surface area contributed by atoms with Gasteiger partial charge in [0.1, 0.15) is 0 Å². The highest BCUT2D eigenvalue weighted by Crippen LogP contribution is 2.09. The molecule has 1 heterocycles. The molecule has 0 spiro atoms. The predicted octanol–water partition coefficient (Wildman–Crippen LogP) is 2.73. The maximum atomic E-state index is 4.16. The largest absolute Gasteiger partial charge is 0.358 e. The van der Waals surface area contributed by atoms with E-state index in [0.29, 0.717) is 0 Å². The van der Waals surface area contributed by atoms with Crippen LogP contribution in [0.5, 0.6) is 0 Å². The van der Waals surface area contributed by atoms with Crippen molar-refractivity contribution in [2.24, 2.45) is 0 Å². The molecule has 1 N–H and O–H groups in total. The summed E-state index contributed by atoms with van der Waals surface area (Å²) in [6.45, 7) is 7.89. The van der Waals surface area contributed by atoms with Crippen molar-refractivity contribution in [2.75, 3.05) is 5.32 Å². The van der Waals surface area contributed by atoms with Crippen molar-refractivity contribution < 1.29 is 0 Å². The van der Waals surface area contributed by atoms with Crippen LogP contribution >= 0.6 is 0 Å². The van der Waals surface area contributed by atoms with Crippen LogP contribution in [0, 0.1) is 6.92 Å². The Morgan fingerprint density at radius 3 is 2.83 bits per heavy atom. The zero-order valence-corrected chi connectivity index (χ0v) is 7.59. The van der Waals surface area contributed by atoms with Gasteiger partial charge in [0.2, 0.25) is 0 Å². The number of aromatic nitrogens is 1. The van der Waals surface area contributed by atoms with Gasteiger partial charge in [-0.2, -0.15) is 0 Å². The van der Waals surface area contributed by atoms with Gasteiger partial charge in [0.25, 0.3) is 0 Å². The van der Waals surface area contributed by atoms with Crippen molar-refractivity contribution in [1.29, 1.82) is 0 Å². The minimum Gasteiger partial charge on any atom is -0.358 e. The highest BCUT2D eigenvalue weighted by molar-refractivity contribution is 5.45. The second-order valence-corrected chi connectivity index (χ2v) is 2.77. The van der Waals surface area contributed by atoms with E-state index in [1.807, 2.05) is 25.3 Å². The highest BCUT2D eigenvalue weighted by Gasteiger charge is 1.92. The molecule has 1 rings (SSSR count). The third-order valence-corrected chi connectivity index (χ3v) is 1.66. The first-order chi connectivity index (χ1) is 5.72. The van der Waals surface area contributed by atoms with E-state index in [4.69, 9.17) is 0 Å². The van der Waals surface area contributed by atoms with E-state index in [1.165, 1.54) is 0 Å². The van der Waals surface area contributed by atoms with Gasteiger partial charge < -0.3 is 5.32 Å². The van der Waals surface area contributed by atoms with Gasteiger partial charge in [0, 0.05) is 11.4 Å². The Kier molecular flexibility index (Phi) is 2.86. The fourth-order valence-corrected chi connectivity index (χ4v) is 0.834. The summed E-state index contributed by atoms with van der Waals surface area (Å²) in [5.74, 6) is 0. The lowest BCUT2D eigenvalue weighted by molar-refractivity contribution is 1.11. The molecule has 0 aromatic carbocycles. The molecule has 0 radical (unpaired) electrons. The lowest BCUT2D eigenvalue weighted by Gasteiger charge is -2.06. The normalized spacial score (nSPS) is 9.50. The van der Waals surface area contributed by atoms with Crippen molar-refractivity contribution in [3.05, 3.63) is 36.3 Å². The van der Waals surface area contributed by atoms with Gasteiger partial charge in [-0.3, -0.25) is 4.98 Å². The first kappa shape index (κ1) is 8.78. The van der Waals surface area contributed by atoms with E-state index >= 15 is 0 Å². The zero-order valence-electron chi connectivity index (χ0n) is 7.59. The molecule has 2 heteroatoms. The number of rotatable bonds is 3. The topological polar surface area (TPSA) is 24.9 Å². The van der Waals surface area contributed by atoms with E-state index in [9.17, 15) is 0 Å². The van der Waals surface area contributed by atoms with Gasteiger partial charge in [-0.25, -0.2) is 0 Å². The summed E-state index contributed by atoms with van der Waals surface area (Å²) in [5, 5.41) is 3.16. The maximum absolute atomic E-state index is 4.16. The fourth-order valence-electron chi connectivity index (χ4n) is 0.834. The molecule has 2 nitrogen and oxygen atoms in total. The molecule has 64 valence electrons. The van der Waals surface area contributed by atoms with Crippen molar-refractivity contribution in [2.45, 2.75) is 20.3 Å². The number of aryl methyl sites for hydroxylation is 1. The van der Waals surface area contributed by atoms with Crippen LogP contribution in [0.15, 0.2) is 30.6 Å². The minimum atomic E-state index is 0.938. The van der Waals surface area contributed by atoms with Crippen LogP contribution < -0.4 is 5.32 Å². The number of hydrogen-bond acceptors (Lipinski definition) is 2. The Morgan fingerprint density at radius 2 is 2.33 bits per heavy atom. The molecule has 0 bridgehead atoms. The number of anilines is 1. The first-order valence-corrected chi connectivity index (χ1v) is 4.10. The van der Waals surface area contributed by atoms with E-state index in [1.54, 1.807) is 0 Å². The summed E-state index contributed by atoms with van der Waals surface area (Å²) >= 11 is 0. The maximum Gasteiger partial charge on any atom is 0.0568 e. The molecular formula is C10H14N2. The predicted molar refractivity (Wildman–Crippen MR) is 52.0 cm³/mol. The van der Waals surface area contributed by atoms with Gasteiger partial charge >= 0.3 is 0 Å². The quantitative estimate of drug-likeness (QED) is 0.739. The summed E-state index contributed by atoms with van der Waals surface area (Å²) in [7, 11) is 0. The molecule has 0 fully saturated rings. The summed E-state index contributed by atoms with van der Waals surface area (Å²) in [5.41, 5.74) is 3.05. The average molecular weight is 162 g/mol. The molecule has 1 aromatic heterocycles. The van der Waals surface area contributed by atoms with Crippen LogP contribution in [0.1, 0.15) is 19.0 Å². The molecule has 0 saturated heterocycles.